The van der Waals surface area contributed by atoms with Crippen LogP contribution in [0.2, 0.25) is 0 Å². The smallest absolute Gasteiger partial charge is 0.0701 e. The fourth-order valence-electron chi connectivity index (χ4n) is 2.20. The minimum absolute atomic E-state index is 0.408. The van der Waals surface area contributed by atoms with Crippen LogP contribution in [0.15, 0.2) is 24.3 Å². The topological polar surface area (TPSA) is 15.3 Å². The van der Waals surface area contributed by atoms with Gasteiger partial charge in [-0.05, 0) is 24.5 Å². The summed E-state index contributed by atoms with van der Waals surface area (Å²) < 4.78 is 0.408. The van der Waals surface area contributed by atoms with Gasteiger partial charge in [0, 0.05) is 31.9 Å². The molecule has 1 aliphatic heterocycles. The lowest BCUT2D eigenvalue weighted by Gasteiger charge is -2.31. The van der Waals surface area contributed by atoms with E-state index in [9.17, 15) is 0 Å². The maximum absolute atomic E-state index is 3.55. The molecule has 0 saturated carbocycles. The number of alkyl halides is 2. The Labute approximate surface area is 120 Å². The molecule has 1 aromatic carbocycles. The number of anilines is 1. The number of nitrogens with one attached hydrogen (secondary N) is 1. The quantitative estimate of drug-likeness (QED) is 0.828. The van der Waals surface area contributed by atoms with Crippen LogP contribution in [0.3, 0.4) is 0 Å². The van der Waals surface area contributed by atoms with Crippen molar-refractivity contribution in [3.63, 3.8) is 0 Å². The highest BCUT2D eigenvalue weighted by molar-refractivity contribution is 9.24. The first kappa shape index (κ1) is 13.4. The first-order chi connectivity index (χ1) is 8.27. The highest BCUT2D eigenvalue weighted by Crippen LogP contribution is 2.24. The van der Waals surface area contributed by atoms with Gasteiger partial charge in [-0.25, -0.2) is 0 Å². The second-order valence-electron chi connectivity index (χ2n) is 4.30. The van der Waals surface area contributed by atoms with E-state index in [0.717, 1.165) is 39.0 Å². The zero-order chi connectivity index (χ0) is 12.1. The SMILES string of the molecule is BrC(Br)CCc1ccccc1N1CCNCC1. The molecule has 0 atom stereocenters. The Hall–Kier alpha value is -0.0600. The lowest BCUT2D eigenvalue weighted by molar-refractivity contribution is 0.587. The van der Waals surface area contributed by atoms with Gasteiger partial charge in [0.05, 0.1) is 3.74 Å². The minimum atomic E-state index is 0.408. The maximum atomic E-state index is 3.55. The zero-order valence-electron chi connectivity index (χ0n) is 9.83. The number of halogens is 2. The third-order valence-electron chi connectivity index (χ3n) is 3.08. The van der Waals surface area contributed by atoms with Crippen molar-refractivity contribution < 1.29 is 0 Å². The molecule has 1 heterocycles. The summed E-state index contributed by atoms with van der Waals surface area (Å²) >= 11 is 7.09. The normalized spacial score (nSPS) is 16.5. The number of hydrogen-bond acceptors (Lipinski definition) is 2. The Balaban J connectivity index is 2.09. The van der Waals surface area contributed by atoms with Gasteiger partial charge >= 0.3 is 0 Å². The van der Waals surface area contributed by atoms with Crippen molar-refractivity contribution in [3.8, 4) is 0 Å². The van der Waals surface area contributed by atoms with Gasteiger partial charge in [0.2, 0.25) is 0 Å². The first-order valence-electron chi connectivity index (χ1n) is 6.09. The summed E-state index contributed by atoms with van der Waals surface area (Å²) in [5.74, 6) is 0. The lowest BCUT2D eigenvalue weighted by Crippen LogP contribution is -2.43. The van der Waals surface area contributed by atoms with E-state index in [-0.39, 0.29) is 0 Å². The molecule has 0 spiro atoms. The standard InChI is InChI=1S/C13H18Br2N2/c14-13(15)6-5-11-3-1-2-4-12(11)17-9-7-16-8-10-17/h1-4,13,16H,5-10H2. The molecule has 0 amide bonds. The van der Waals surface area contributed by atoms with Gasteiger partial charge in [0.15, 0.2) is 0 Å². The van der Waals surface area contributed by atoms with E-state index < -0.39 is 0 Å². The molecule has 2 nitrogen and oxygen atoms in total. The van der Waals surface area contributed by atoms with Gasteiger partial charge in [-0.3, -0.25) is 0 Å². The summed E-state index contributed by atoms with van der Waals surface area (Å²) in [6.45, 7) is 4.41. The van der Waals surface area contributed by atoms with E-state index in [0.29, 0.717) is 3.74 Å². The molecule has 1 aliphatic rings. The van der Waals surface area contributed by atoms with Crippen LogP contribution in [0.4, 0.5) is 5.69 Å². The molecule has 4 heteroatoms. The molecule has 1 aromatic rings. The number of benzene rings is 1. The molecule has 0 aliphatic carbocycles. The molecule has 1 N–H and O–H groups in total. The van der Waals surface area contributed by atoms with E-state index in [1.165, 1.54) is 11.3 Å². The summed E-state index contributed by atoms with van der Waals surface area (Å²) in [5.41, 5.74) is 2.87. The van der Waals surface area contributed by atoms with Crippen molar-refractivity contribution in [2.75, 3.05) is 31.1 Å². The van der Waals surface area contributed by atoms with E-state index in [1.54, 1.807) is 0 Å². The summed E-state index contributed by atoms with van der Waals surface area (Å²) in [5, 5.41) is 3.40. The van der Waals surface area contributed by atoms with E-state index in [4.69, 9.17) is 0 Å². The van der Waals surface area contributed by atoms with Gasteiger partial charge in [-0.1, -0.05) is 50.1 Å². The Morgan fingerprint density at radius 2 is 1.88 bits per heavy atom. The third-order valence-corrected chi connectivity index (χ3v) is 4.00. The van der Waals surface area contributed by atoms with Crippen molar-refractivity contribution in [1.29, 1.82) is 0 Å². The molecule has 1 fully saturated rings. The number of para-hydroxylation sites is 1. The molecule has 17 heavy (non-hydrogen) atoms. The van der Waals surface area contributed by atoms with Gasteiger partial charge in [-0.2, -0.15) is 0 Å². The van der Waals surface area contributed by atoms with E-state index in [1.807, 2.05) is 0 Å². The van der Waals surface area contributed by atoms with Crippen LogP contribution in [0, 0.1) is 0 Å². The summed E-state index contributed by atoms with van der Waals surface area (Å²) in [7, 11) is 0. The number of piperazine rings is 1. The minimum Gasteiger partial charge on any atom is -0.369 e. The molecule has 0 unspecified atom stereocenters. The van der Waals surface area contributed by atoms with Crippen LogP contribution in [0.25, 0.3) is 0 Å². The first-order valence-corrected chi connectivity index (χ1v) is 7.92. The van der Waals surface area contributed by atoms with Crippen molar-refractivity contribution in [2.24, 2.45) is 0 Å². The average molecular weight is 362 g/mol. The second kappa shape index (κ2) is 6.76. The molecular formula is C13H18Br2N2. The van der Waals surface area contributed by atoms with Crippen molar-refractivity contribution >= 4 is 37.5 Å². The number of hydrogen-bond donors (Lipinski definition) is 1. The van der Waals surface area contributed by atoms with Crippen LogP contribution in [-0.4, -0.2) is 29.9 Å². The van der Waals surface area contributed by atoms with Crippen LogP contribution in [-0.2, 0) is 6.42 Å². The summed E-state index contributed by atoms with van der Waals surface area (Å²) in [6.07, 6.45) is 2.23. The van der Waals surface area contributed by atoms with Crippen LogP contribution in [0.5, 0.6) is 0 Å². The number of nitrogens with zero attached hydrogens (tertiary/aromatic N) is 1. The van der Waals surface area contributed by atoms with Gasteiger partial charge in [0.25, 0.3) is 0 Å². The molecule has 0 aromatic heterocycles. The fourth-order valence-corrected chi connectivity index (χ4v) is 2.66. The van der Waals surface area contributed by atoms with Crippen molar-refractivity contribution in [3.05, 3.63) is 29.8 Å². The van der Waals surface area contributed by atoms with Gasteiger partial charge in [-0.15, -0.1) is 0 Å². The third kappa shape index (κ3) is 3.97. The largest absolute Gasteiger partial charge is 0.369 e. The summed E-state index contributed by atoms with van der Waals surface area (Å²) in [6, 6.07) is 8.77. The monoisotopic (exact) mass is 360 g/mol. The zero-order valence-corrected chi connectivity index (χ0v) is 13.0. The lowest BCUT2D eigenvalue weighted by atomic mass is 10.1. The fraction of sp³-hybridized carbons (Fsp3) is 0.538. The Morgan fingerprint density at radius 3 is 2.59 bits per heavy atom. The van der Waals surface area contributed by atoms with Crippen LogP contribution >= 0.6 is 31.9 Å². The van der Waals surface area contributed by atoms with Crippen LogP contribution < -0.4 is 10.2 Å². The van der Waals surface area contributed by atoms with Crippen molar-refractivity contribution in [2.45, 2.75) is 16.6 Å². The van der Waals surface area contributed by atoms with E-state index >= 15 is 0 Å². The average Bonchev–Trinajstić information content (AvgIpc) is 2.38. The Morgan fingerprint density at radius 1 is 1.18 bits per heavy atom. The molecule has 2 rings (SSSR count). The van der Waals surface area contributed by atoms with Gasteiger partial charge in [0.1, 0.15) is 0 Å². The highest BCUT2D eigenvalue weighted by Gasteiger charge is 2.13. The number of rotatable bonds is 4. The van der Waals surface area contributed by atoms with Crippen molar-refractivity contribution in [1.82, 2.24) is 5.32 Å². The Kier molecular flexibility index (Phi) is 5.32. The molecule has 94 valence electrons. The molecule has 1 saturated heterocycles. The Bertz CT molecular complexity index is 349. The highest BCUT2D eigenvalue weighted by atomic mass is 79.9. The molecule has 0 radical (unpaired) electrons. The predicted molar refractivity (Wildman–Crippen MR) is 81.5 cm³/mol. The van der Waals surface area contributed by atoms with Crippen LogP contribution in [0.1, 0.15) is 12.0 Å². The van der Waals surface area contributed by atoms with E-state index in [2.05, 4.69) is 66.3 Å². The van der Waals surface area contributed by atoms with Gasteiger partial charge < -0.3 is 10.2 Å². The maximum Gasteiger partial charge on any atom is 0.0701 e. The number of aryl methyl sites for hydroxylation is 1. The molecule has 0 bridgehead atoms. The molecular weight excluding hydrogens is 344 g/mol. The predicted octanol–water partition coefficient (Wildman–Crippen LogP) is 3.14. The second-order valence-corrected chi connectivity index (χ2v) is 7.73. The summed E-state index contributed by atoms with van der Waals surface area (Å²) in [4.78, 5) is 2.49.